The van der Waals surface area contributed by atoms with Crippen LogP contribution in [0.4, 0.5) is 0 Å². The molecule has 1 aromatic rings. The minimum atomic E-state index is -1.26. The van der Waals surface area contributed by atoms with Crippen LogP contribution in [0.5, 0.6) is 5.75 Å². The number of carbonyl (C=O) groups excluding carboxylic acids is 1. The lowest BCUT2D eigenvalue weighted by molar-refractivity contribution is -0.158. The van der Waals surface area contributed by atoms with Crippen LogP contribution in [-0.4, -0.2) is 24.3 Å². The third-order valence-electron chi connectivity index (χ3n) is 3.57. The van der Waals surface area contributed by atoms with Gasteiger partial charge in [-0.25, -0.2) is 0 Å². The molecule has 0 heterocycles. The van der Waals surface area contributed by atoms with Gasteiger partial charge in [-0.3, -0.25) is 4.79 Å². The molecule has 1 rings (SSSR count). The van der Waals surface area contributed by atoms with E-state index in [4.69, 9.17) is 9.47 Å². The molecular formula is C17H26O4. The summed E-state index contributed by atoms with van der Waals surface area (Å²) in [5, 5.41) is 10.8. The number of rotatable bonds is 8. The van der Waals surface area contributed by atoms with E-state index in [1.54, 1.807) is 26.0 Å². The Labute approximate surface area is 127 Å². The highest BCUT2D eigenvalue weighted by molar-refractivity contribution is 5.74. The van der Waals surface area contributed by atoms with Gasteiger partial charge in [-0.2, -0.15) is 0 Å². The standard InChI is InChI=1S/C17H26O4/c1-5-12-21-14-10-8-13(9-11-14)17(4,19)15(6-2)16(18)20-7-3/h8-11,15,19H,5-7,12H2,1-4H3. The Morgan fingerprint density at radius 1 is 1.24 bits per heavy atom. The molecule has 118 valence electrons. The Morgan fingerprint density at radius 3 is 2.33 bits per heavy atom. The van der Waals surface area contributed by atoms with Crippen LogP contribution in [-0.2, 0) is 15.1 Å². The predicted molar refractivity (Wildman–Crippen MR) is 82.2 cm³/mol. The summed E-state index contributed by atoms with van der Waals surface area (Å²) in [6.07, 6.45) is 1.46. The van der Waals surface area contributed by atoms with Gasteiger partial charge < -0.3 is 14.6 Å². The van der Waals surface area contributed by atoms with E-state index in [-0.39, 0.29) is 5.97 Å². The average molecular weight is 294 g/mol. The lowest BCUT2D eigenvalue weighted by Crippen LogP contribution is -2.38. The number of ether oxygens (including phenoxy) is 2. The second kappa shape index (κ2) is 8.03. The predicted octanol–water partition coefficient (Wildman–Crippen LogP) is 3.27. The molecule has 0 bridgehead atoms. The monoisotopic (exact) mass is 294 g/mol. The molecule has 1 N–H and O–H groups in total. The van der Waals surface area contributed by atoms with Gasteiger partial charge in [0.15, 0.2) is 0 Å². The van der Waals surface area contributed by atoms with Gasteiger partial charge in [-0.15, -0.1) is 0 Å². The van der Waals surface area contributed by atoms with Crippen molar-refractivity contribution in [2.24, 2.45) is 5.92 Å². The molecular weight excluding hydrogens is 268 g/mol. The molecule has 0 amide bonds. The number of carbonyl (C=O) groups is 1. The van der Waals surface area contributed by atoms with Crippen molar-refractivity contribution >= 4 is 5.97 Å². The molecule has 21 heavy (non-hydrogen) atoms. The summed E-state index contributed by atoms with van der Waals surface area (Å²) in [5.74, 6) is -0.184. The summed E-state index contributed by atoms with van der Waals surface area (Å²) in [6.45, 7) is 8.31. The van der Waals surface area contributed by atoms with Crippen LogP contribution in [0, 0.1) is 5.92 Å². The number of hydrogen-bond acceptors (Lipinski definition) is 4. The normalized spacial score (nSPS) is 15.1. The molecule has 0 saturated carbocycles. The van der Waals surface area contributed by atoms with E-state index in [2.05, 4.69) is 0 Å². The molecule has 0 radical (unpaired) electrons. The third-order valence-corrected chi connectivity index (χ3v) is 3.57. The second-order valence-corrected chi connectivity index (χ2v) is 5.23. The van der Waals surface area contributed by atoms with Crippen molar-refractivity contribution in [1.29, 1.82) is 0 Å². The molecule has 2 unspecified atom stereocenters. The zero-order valence-corrected chi connectivity index (χ0v) is 13.4. The zero-order valence-electron chi connectivity index (χ0n) is 13.4. The fourth-order valence-corrected chi connectivity index (χ4v) is 2.35. The van der Waals surface area contributed by atoms with Crippen molar-refractivity contribution in [2.75, 3.05) is 13.2 Å². The maximum absolute atomic E-state index is 12.0. The first-order valence-corrected chi connectivity index (χ1v) is 7.59. The highest BCUT2D eigenvalue weighted by Gasteiger charge is 2.38. The highest BCUT2D eigenvalue weighted by Crippen LogP contribution is 2.33. The van der Waals surface area contributed by atoms with E-state index >= 15 is 0 Å². The van der Waals surface area contributed by atoms with Gasteiger partial charge in [0.25, 0.3) is 0 Å². The number of aliphatic hydroxyl groups is 1. The maximum Gasteiger partial charge on any atom is 0.312 e. The van der Waals surface area contributed by atoms with E-state index in [1.807, 2.05) is 26.0 Å². The SMILES string of the molecule is CCCOc1ccc(C(C)(O)C(CC)C(=O)OCC)cc1. The third kappa shape index (κ3) is 4.46. The molecule has 0 spiro atoms. The molecule has 0 aliphatic heterocycles. The quantitative estimate of drug-likeness (QED) is 0.748. The Morgan fingerprint density at radius 2 is 1.86 bits per heavy atom. The van der Waals surface area contributed by atoms with Gasteiger partial charge in [0, 0.05) is 0 Å². The largest absolute Gasteiger partial charge is 0.494 e. The van der Waals surface area contributed by atoms with E-state index < -0.39 is 11.5 Å². The van der Waals surface area contributed by atoms with Crippen LogP contribution in [0.25, 0.3) is 0 Å². The maximum atomic E-state index is 12.0. The van der Waals surface area contributed by atoms with E-state index in [0.29, 0.717) is 25.2 Å². The number of hydrogen-bond donors (Lipinski definition) is 1. The molecule has 0 saturated heterocycles. The minimum absolute atomic E-state index is 0.315. The number of benzene rings is 1. The van der Waals surface area contributed by atoms with Crippen molar-refractivity contribution in [3.05, 3.63) is 29.8 Å². The molecule has 0 aliphatic carbocycles. The van der Waals surface area contributed by atoms with Crippen LogP contribution in [0.3, 0.4) is 0 Å². The fourth-order valence-electron chi connectivity index (χ4n) is 2.35. The Bertz CT molecular complexity index is 437. The fraction of sp³-hybridized carbons (Fsp3) is 0.588. The smallest absolute Gasteiger partial charge is 0.312 e. The van der Waals surface area contributed by atoms with Gasteiger partial charge in [0.05, 0.1) is 19.1 Å². The van der Waals surface area contributed by atoms with Crippen molar-refractivity contribution in [3.8, 4) is 5.75 Å². The van der Waals surface area contributed by atoms with Gasteiger partial charge in [-0.1, -0.05) is 26.0 Å². The first kappa shape index (κ1) is 17.5. The second-order valence-electron chi connectivity index (χ2n) is 5.23. The Kier molecular flexibility index (Phi) is 6.69. The van der Waals surface area contributed by atoms with Crippen molar-refractivity contribution in [1.82, 2.24) is 0 Å². The van der Waals surface area contributed by atoms with Crippen LogP contribution in [0.15, 0.2) is 24.3 Å². The number of esters is 1. The molecule has 2 atom stereocenters. The van der Waals surface area contributed by atoms with Crippen LogP contribution < -0.4 is 4.74 Å². The summed E-state index contributed by atoms with van der Waals surface area (Å²) in [6, 6.07) is 7.23. The first-order chi connectivity index (χ1) is 9.97. The van der Waals surface area contributed by atoms with Crippen molar-refractivity contribution in [3.63, 3.8) is 0 Å². The summed E-state index contributed by atoms with van der Waals surface area (Å²) in [4.78, 5) is 12.0. The Balaban J connectivity index is 2.91. The molecule has 4 nitrogen and oxygen atoms in total. The van der Waals surface area contributed by atoms with Crippen LogP contribution in [0.1, 0.15) is 46.1 Å². The summed E-state index contributed by atoms with van der Waals surface area (Å²) >= 11 is 0. The average Bonchev–Trinajstić information content (AvgIpc) is 2.46. The van der Waals surface area contributed by atoms with Gasteiger partial charge in [0.1, 0.15) is 11.4 Å². The van der Waals surface area contributed by atoms with Crippen LogP contribution >= 0.6 is 0 Å². The van der Waals surface area contributed by atoms with Gasteiger partial charge >= 0.3 is 5.97 Å². The molecule has 1 aromatic carbocycles. The molecule has 0 fully saturated rings. The summed E-state index contributed by atoms with van der Waals surface area (Å²) < 4.78 is 10.6. The summed E-state index contributed by atoms with van der Waals surface area (Å²) in [7, 11) is 0. The molecule has 0 aromatic heterocycles. The van der Waals surface area contributed by atoms with Crippen LogP contribution in [0.2, 0.25) is 0 Å². The first-order valence-electron chi connectivity index (χ1n) is 7.59. The lowest BCUT2D eigenvalue weighted by atomic mass is 9.81. The minimum Gasteiger partial charge on any atom is -0.494 e. The molecule has 4 heteroatoms. The molecule has 0 aliphatic rings. The highest BCUT2D eigenvalue weighted by atomic mass is 16.5. The van der Waals surface area contributed by atoms with E-state index in [9.17, 15) is 9.90 Å². The summed E-state index contributed by atoms with van der Waals surface area (Å²) in [5.41, 5.74) is -0.573. The van der Waals surface area contributed by atoms with Crippen molar-refractivity contribution in [2.45, 2.75) is 46.1 Å². The van der Waals surface area contributed by atoms with Gasteiger partial charge in [-0.05, 0) is 44.4 Å². The van der Waals surface area contributed by atoms with E-state index in [1.165, 1.54) is 0 Å². The van der Waals surface area contributed by atoms with E-state index in [0.717, 1.165) is 12.2 Å². The Hall–Kier alpha value is -1.55. The zero-order chi connectivity index (χ0) is 15.9. The van der Waals surface area contributed by atoms with Gasteiger partial charge in [0.2, 0.25) is 0 Å². The topological polar surface area (TPSA) is 55.8 Å². The van der Waals surface area contributed by atoms with Crippen molar-refractivity contribution < 1.29 is 19.4 Å². The lowest BCUT2D eigenvalue weighted by Gasteiger charge is -2.31.